The van der Waals surface area contributed by atoms with Gasteiger partial charge < -0.3 is 89.1 Å². The number of aliphatic hydroxyl groups is 10. The Morgan fingerprint density at radius 2 is 0.714 bits per heavy atom. The molecule has 1 aliphatic carbocycles. The molecule has 3 aliphatic rings. The second-order valence-corrected chi connectivity index (χ2v) is 29.1. The summed E-state index contributed by atoms with van der Waals surface area (Å²) in [4.78, 5) is 51.0. The SMILES string of the molecule is CCCCCCCCC/C=C\CCCCCC(=O)OC(COC(=O)CCCCCCCCCCCCCCCC)COP(=O)(O)OC1C(OC2OC(CO)C(O)C(O)C2O)C(O)C(O)C(O)C1OC1OC(COC(=O)CCCCCCCCCCCCCCCCC)C(O)C(O)C1O. The van der Waals surface area contributed by atoms with Crippen LogP contribution in [-0.2, 0) is 61.2 Å². The smallest absolute Gasteiger partial charge is 0.463 e. The van der Waals surface area contributed by atoms with Crippen LogP contribution in [0.25, 0.3) is 0 Å². The van der Waals surface area contributed by atoms with Crippen molar-refractivity contribution < 1.29 is 117 Å². The first kappa shape index (κ1) is 89.9. The molecule has 18 unspecified atom stereocenters. The minimum atomic E-state index is -5.70. The molecule has 25 heteroatoms. The number of allylic oxidation sites excluding steroid dienone is 2. The van der Waals surface area contributed by atoms with Crippen LogP contribution in [-0.4, -0.2) is 204 Å². The van der Waals surface area contributed by atoms with E-state index in [1.807, 2.05) is 0 Å². The first-order valence-corrected chi connectivity index (χ1v) is 40.0. The van der Waals surface area contributed by atoms with Crippen molar-refractivity contribution in [2.75, 3.05) is 26.4 Å². The van der Waals surface area contributed by atoms with Gasteiger partial charge in [-0.3, -0.25) is 23.4 Å². The summed E-state index contributed by atoms with van der Waals surface area (Å²) in [6, 6.07) is 0. The van der Waals surface area contributed by atoms with Crippen molar-refractivity contribution in [3.63, 3.8) is 0 Å². The van der Waals surface area contributed by atoms with Crippen molar-refractivity contribution in [3.8, 4) is 0 Å². The van der Waals surface area contributed by atoms with Crippen LogP contribution in [0.5, 0.6) is 0 Å². The predicted molar refractivity (Wildman–Crippen MR) is 370 cm³/mol. The second kappa shape index (κ2) is 55.2. The van der Waals surface area contributed by atoms with Crippen LogP contribution in [0.3, 0.4) is 0 Å². The van der Waals surface area contributed by atoms with Gasteiger partial charge in [-0.2, -0.15) is 0 Å². The Hall–Kier alpha value is -2.30. The number of carbonyl (C=O) groups excluding carboxylic acids is 3. The highest BCUT2D eigenvalue weighted by Gasteiger charge is 2.58. The van der Waals surface area contributed by atoms with E-state index >= 15 is 0 Å². The fraction of sp³-hybridized carbons (Fsp3) is 0.932. The standard InChI is InChI=1S/C73H135O24P/c1-4-7-10-13-16-19-22-25-28-31-33-36-39-42-45-48-58(76)90-53-56-61(79)63(81)68(86)73(94-56)96-70-66(84)64(82)65(83)69(95-72-67(85)62(80)60(78)55(50-74)93-72)71(70)97-98(87,88)91-52-54(92-59(77)49-46-43-40-37-34-30-27-24-21-18-15-12-9-6-3)51-89-57(75)47-44-41-38-35-32-29-26-23-20-17-14-11-8-5-2/h30,34,54-56,60-74,78-86H,4-29,31-33,35-53H2,1-3H3,(H,87,88)/b34-30-. The van der Waals surface area contributed by atoms with E-state index in [9.17, 15) is 74.9 Å². The molecule has 0 aromatic heterocycles. The van der Waals surface area contributed by atoms with Crippen LogP contribution in [0.4, 0.5) is 0 Å². The lowest BCUT2D eigenvalue weighted by Crippen LogP contribution is -2.69. The third-order valence-corrected chi connectivity index (χ3v) is 20.0. The van der Waals surface area contributed by atoms with Crippen LogP contribution in [0, 0.1) is 0 Å². The van der Waals surface area contributed by atoms with Crippen LogP contribution in [0.2, 0.25) is 0 Å². The maximum absolute atomic E-state index is 14.3. The molecule has 11 N–H and O–H groups in total. The summed E-state index contributed by atoms with van der Waals surface area (Å²) in [5.74, 6) is -2.00. The van der Waals surface area contributed by atoms with Crippen molar-refractivity contribution in [3.05, 3.63) is 12.2 Å². The van der Waals surface area contributed by atoms with E-state index in [0.29, 0.717) is 25.7 Å². The average molecular weight is 1430 g/mol. The Morgan fingerprint density at radius 1 is 0.388 bits per heavy atom. The lowest BCUT2D eigenvalue weighted by Gasteiger charge is -2.49. The van der Waals surface area contributed by atoms with Crippen molar-refractivity contribution >= 4 is 25.7 Å². The van der Waals surface area contributed by atoms with E-state index < -0.39 is 156 Å². The summed E-state index contributed by atoms with van der Waals surface area (Å²) in [6.45, 7) is 3.45. The first-order chi connectivity index (χ1) is 47.3. The Morgan fingerprint density at radius 3 is 1.11 bits per heavy atom. The fourth-order valence-electron chi connectivity index (χ4n) is 12.8. The van der Waals surface area contributed by atoms with Crippen LogP contribution in [0.15, 0.2) is 12.2 Å². The maximum Gasteiger partial charge on any atom is 0.472 e. The minimum absolute atomic E-state index is 0.0321. The van der Waals surface area contributed by atoms with Crippen molar-refractivity contribution in [1.82, 2.24) is 0 Å². The monoisotopic (exact) mass is 1430 g/mol. The quantitative estimate of drug-likeness (QED) is 0.00886. The van der Waals surface area contributed by atoms with Crippen molar-refractivity contribution in [2.45, 2.75) is 407 Å². The van der Waals surface area contributed by atoms with Gasteiger partial charge in [-0.1, -0.05) is 251 Å². The van der Waals surface area contributed by atoms with Gasteiger partial charge in [-0.15, -0.1) is 0 Å². The van der Waals surface area contributed by atoms with Crippen molar-refractivity contribution in [2.24, 2.45) is 0 Å². The fourth-order valence-corrected chi connectivity index (χ4v) is 13.7. The third kappa shape index (κ3) is 37.9. The lowest BCUT2D eigenvalue weighted by molar-refractivity contribution is -0.360. The molecule has 0 aromatic rings. The van der Waals surface area contributed by atoms with Crippen molar-refractivity contribution in [1.29, 1.82) is 0 Å². The number of rotatable bonds is 60. The van der Waals surface area contributed by atoms with E-state index in [-0.39, 0.29) is 19.3 Å². The molecule has 0 amide bonds. The Labute approximate surface area is 586 Å². The van der Waals surface area contributed by atoms with Crippen LogP contribution < -0.4 is 0 Å². The zero-order valence-corrected chi connectivity index (χ0v) is 61.0. The van der Waals surface area contributed by atoms with Gasteiger partial charge in [0.25, 0.3) is 0 Å². The van der Waals surface area contributed by atoms with E-state index in [1.165, 1.54) is 148 Å². The molecule has 0 bridgehead atoms. The highest BCUT2D eigenvalue weighted by molar-refractivity contribution is 7.47. The second-order valence-electron chi connectivity index (χ2n) is 27.7. The zero-order valence-electron chi connectivity index (χ0n) is 60.1. The van der Waals surface area contributed by atoms with Gasteiger partial charge in [0.05, 0.1) is 13.2 Å². The molecule has 2 aliphatic heterocycles. The number of carbonyl (C=O) groups is 3. The number of hydrogen-bond donors (Lipinski definition) is 11. The van der Waals surface area contributed by atoms with Gasteiger partial charge in [0, 0.05) is 19.3 Å². The summed E-state index contributed by atoms with van der Waals surface area (Å²) in [7, 11) is -5.70. The third-order valence-electron chi connectivity index (χ3n) is 19.0. The Bertz CT molecular complexity index is 2080. The number of phosphoric ester groups is 1. The normalized spacial score (nSPS) is 27.7. The molecule has 18 atom stereocenters. The number of aliphatic hydroxyl groups excluding tert-OH is 10. The van der Waals surface area contributed by atoms with Gasteiger partial charge >= 0.3 is 25.7 Å². The van der Waals surface area contributed by atoms with Crippen LogP contribution in [0.1, 0.15) is 303 Å². The van der Waals surface area contributed by atoms with E-state index in [0.717, 1.165) is 89.9 Å². The largest absolute Gasteiger partial charge is 0.472 e. The van der Waals surface area contributed by atoms with Gasteiger partial charge in [-0.05, 0) is 44.9 Å². The molecule has 2 saturated heterocycles. The molecular formula is C73H135O24P. The number of phosphoric acid groups is 1. The molecule has 1 saturated carbocycles. The summed E-state index contributed by atoms with van der Waals surface area (Å²) in [5, 5.41) is 110. The molecule has 24 nitrogen and oxygen atoms in total. The van der Waals surface area contributed by atoms with E-state index in [1.54, 1.807) is 0 Å². The summed E-state index contributed by atoms with van der Waals surface area (Å²) >= 11 is 0. The molecule has 0 radical (unpaired) electrons. The minimum Gasteiger partial charge on any atom is -0.463 e. The molecule has 576 valence electrons. The summed E-state index contributed by atoms with van der Waals surface area (Å²) < 4.78 is 65.0. The first-order valence-electron chi connectivity index (χ1n) is 38.5. The lowest BCUT2D eigenvalue weighted by atomic mass is 9.84. The molecule has 2 heterocycles. The molecule has 98 heavy (non-hydrogen) atoms. The van der Waals surface area contributed by atoms with E-state index in [2.05, 4.69) is 32.9 Å². The molecule has 0 spiro atoms. The molecule has 3 fully saturated rings. The molecule has 0 aromatic carbocycles. The van der Waals surface area contributed by atoms with Gasteiger partial charge in [0.15, 0.2) is 18.7 Å². The van der Waals surface area contributed by atoms with Gasteiger partial charge in [0.1, 0.15) is 98.7 Å². The summed E-state index contributed by atoms with van der Waals surface area (Å²) in [6.07, 6.45) is 14.1. The average Bonchev–Trinajstić information content (AvgIpc) is 0.762. The Balaban J connectivity index is 1.73. The molecule has 3 rings (SSSR count). The highest BCUT2D eigenvalue weighted by Crippen LogP contribution is 2.49. The summed E-state index contributed by atoms with van der Waals surface area (Å²) in [5.41, 5.74) is 0. The maximum atomic E-state index is 14.3. The van der Waals surface area contributed by atoms with Gasteiger partial charge in [-0.25, -0.2) is 4.57 Å². The number of hydrogen-bond acceptors (Lipinski definition) is 23. The number of ether oxygens (including phenoxy) is 7. The topological polar surface area (TPSA) is 374 Å². The number of unbranched alkanes of at least 4 members (excludes halogenated alkanes) is 37. The van der Waals surface area contributed by atoms with Gasteiger partial charge in [0.2, 0.25) is 0 Å². The predicted octanol–water partition coefficient (Wildman–Crippen LogP) is 10.7. The Kier molecular flexibility index (Phi) is 50.7. The zero-order chi connectivity index (χ0) is 71.8. The van der Waals surface area contributed by atoms with Crippen LogP contribution >= 0.6 is 7.82 Å². The molecular weight excluding hydrogens is 1290 g/mol. The number of esters is 3. The van der Waals surface area contributed by atoms with E-state index in [4.69, 9.17) is 42.2 Å². The highest BCUT2D eigenvalue weighted by atomic mass is 31.2.